The molecule has 0 aromatic rings. The van der Waals surface area contributed by atoms with Crippen LogP contribution in [-0.2, 0) is 0 Å². The molecule has 0 aliphatic heterocycles. The highest BCUT2D eigenvalue weighted by molar-refractivity contribution is 4.56. The molecule has 4 nitrogen and oxygen atoms in total. The molecule has 0 aliphatic carbocycles. The molecule has 0 heterocycles. The fourth-order valence-corrected chi connectivity index (χ4v) is 1.80. The first-order valence-electron chi connectivity index (χ1n) is 6.37. The third kappa shape index (κ3) is 8.05. The van der Waals surface area contributed by atoms with Crippen LogP contribution in [0, 0.1) is 0 Å². The van der Waals surface area contributed by atoms with Gasteiger partial charge in [0.2, 0.25) is 0 Å². The van der Waals surface area contributed by atoms with Gasteiger partial charge in [-0.25, -0.2) is 10.0 Å². The van der Waals surface area contributed by atoms with E-state index in [1.807, 2.05) is 7.05 Å². The molecule has 0 rings (SSSR count). The Labute approximate surface area is 102 Å². The molecule has 0 saturated heterocycles. The highest BCUT2D eigenvalue weighted by atomic mass is 15.6. The van der Waals surface area contributed by atoms with Crippen LogP contribution in [0.2, 0.25) is 0 Å². The van der Waals surface area contributed by atoms with Crippen molar-refractivity contribution in [3.63, 3.8) is 0 Å². The average Bonchev–Trinajstić information content (AvgIpc) is 2.24. The standard InChI is InChI=1S/C12H30N4/c1-6-16(14(3)4)12-8-11-15(5)10-7-9-13-2/h13H,6-12H2,1-5H3. The van der Waals surface area contributed by atoms with Crippen molar-refractivity contribution in [1.82, 2.24) is 20.2 Å². The molecule has 0 radical (unpaired) electrons. The van der Waals surface area contributed by atoms with Gasteiger partial charge >= 0.3 is 0 Å². The second-order valence-corrected chi connectivity index (χ2v) is 4.51. The van der Waals surface area contributed by atoms with Gasteiger partial charge in [-0.1, -0.05) is 6.92 Å². The van der Waals surface area contributed by atoms with E-state index < -0.39 is 0 Å². The average molecular weight is 230 g/mol. The van der Waals surface area contributed by atoms with Gasteiger partial charge in [-0.3, -0.25) is 0 Å². The Morgan fingerprint density at radius 3 is 2.06 bits per heavy atom. The van der Waals surface area contributed by atoms with Crippen LogP contribution in [0.15, 0.2) is 0 Å². The monoisotopic (exact) mass is 230 g/mol. The third-order valence-electron chi connectivity index (χ3n) is 2.85. The van der Waals surface area contributed by atoms with Gasteiger partial charge in [0.25, 0.3) is 0 Å². The van der Waals surface area contributed by atoms with E-state index in [0.29, 0.717) is 0 Å². The van der Waals surface area contributed by atoms with Crippen LogP contribution in [0.4, 0.5) is 0 Å². The van der Waals surface area contributed by atoms with Crippen LogP contribution in [0.3, 0.4) is 0 Å². The molecule has 0 saturated carbocycles. The Bertz CT molecular complexity index is 150. The van der Waals surface area contributed by atoms with Crippen molar-refractivity contribution in [2.45, 2.75) is 19.8 Å². The lowest BCUT2D eigenvalue weighted by Gasteiger charge is -2.28. The zero-order chi connectivity index (χ0) is 12.4. The molecule has 0 amide bonds. The van der Waals surface area contributed by atoms with Crippen molar-refractivity contribution in [2.24, 2.45) is 0 Å². The van der Waals surface area contributed by atoms with Crippen LogP contribution in [0.5, 0.6) is 0 Å². The van der Waals surface area contributed by atoms with Crippen molar-refractivity contribution >= 4 is 0 Å². The molecule has 0 aromatic carbocycles. The van der Waals surface area contributed by atoms with E-state index in [2.05, 4.69) is 48.3 Å². The number of hydrogen-bond acceptors (Lipinski definition) is 4. The zero-order valence-corrected chi connectivity index (χ0v) is 11.8. The van der Waals surface area contributed by atoms with Crippen molar-refractivity contribution in [3.05, 3.63) is 0 Å². The third-order valence-corrected chi connectivity index (χ3v) is 2.85. The summed E-state index contributed by atoms with van der Waals surface area (Å²) in [6.07, 6.45) is 2.47. The van der Waals surface area contributed by atoms with E-state index in [4.69, 9.17) is 0 Å². The predicted molar refractivity (Wildman–Crippen MR) is 71.6 cm³/mol. The SMILES string of the molecule is CCN(CCCN(C)CCCNC)N(C)C. The molecule has 0 fully saturated rings. The lowest BCUT2D eigenvalue weighted by molar-refractivity contribution is 0.0277. The largest absolute Gasteiger partial charge is 0.320 e. The topological polar surface area (TPSA) is 21.8 Å². The first-order chi connectivity index (χ1) is 7.61. The Balaban J connectivity index is 3.48. The number of rotatable bonds is 10. The predicted octanol–water partition coefficient (Wildman–Crippen LogP) is 0.716. The zero-order valence-electron chi connectivity index (χ0n) is 11.8. The minimum atomic E-state index is 1.09. The first-order valence-corrected chi connectivity index (χ1v) is 6.37. The summed E-state index contributed by atoms with van der Waals surface area (Å²) in [5.41, 5.74) is 0. The summed E-state index contributed by atoms with van der Waals surface area (Å²) in [4.78, 5) is 2.42. The summed E-state index contributed by atoms with van der Waals surface area (Å²) < 4.78 is 0. The number of hydrazine groups is 1. The van der Waals surface area contributed by atoms with Crippen molar-refractivity contribution in [2.75, 3.05) is 60.9 Å². The maximum atomic E-state index is 3.18. The van der Waals surface area contributed by atoms with Crippen LogP contribution >= 0.6 is 0 Å². The smallest absolute Gasteiger partial charge is 0.0145 e. The van der Waals surface area contributed by atoms with Crippen molar-refractivity contribution in [3.8, 4) is 0 Å². The molecule has 16 heavy (non-hydrogen) atoms. The summed E-state index contributed by atoms with van der Waals surface area (Å²) in [6.45, 7) is 7.94. The van der Waals surface area contributed by atoms with Gasteiger partial charge in [0.15, 0.2) is 0 Å². The van der Waals surface area contributed by atoms with E-state index in [9.17, 15) is 0 Å². The second kappa shape index (κ2) is 10.0. The van der Waals surface area contributed by atoms with Gasteiger partial charge in [-0.2, -0.15) is 0 Å². The Morgan fingerprint density at radius 1 is 0.938 bits per heavy atom. The summed E-state index contributed by atoms with van der Waals surface area (Å²) in [6, 6.07) is 0. The second-order valence-electron chi connectivity index (χ2n) is 4.51. The molecule has 1 N–H and O–H groups in total. The molecule has 0 atom stereocenters. The number of nitrogens with one attached hydrogen (secondary N) is 1. The molecule has 0 unspecified atom stereocenters. The van der Waals surface area contributed by atoms with Crippen LogP contribution in [0.1, 0.15) is 19.8 Å². The summed E-state index contributed by atoms with van der Waals surface area (Å²) in [7, 11) is 8.44. The lowest BCUT2D eigenvalue weighted by Crippen LogP contribution is -2.38. The molecule has 0 spiro atoms. The van der Waals surface area contributed by atoms with Crippen molar-refractivity contribution < 1.29 is 0 Å². The number of nitrogens with zero attached hydrogens (tertiary/aromatic N) is 3. The maximum absolute atomic E-state index is 3.18. The van der Waals surface area contributed by atoms with Gasteiger partial charge in [0.05, 0.1) is 0 Å². The van der Waals surface area contributed by atoms with E-state index in [1.54, 1.807) is 0 Å². The lowest BCUT2D eigenvalue weighted by atomic mass is 10.3. The Morgan fingerprint density at radius 2 is 1.56 bits per heavy atom. The van der Waals surface area contributed by atoms with E-state index in [-0.39, 0.29) is 0 Å². The Kier molecular flexibility index (Phi) is 9.92. The van der Waals surface area contributed by atoms with Gasteiger partial charge in [0, 0.05) is 27.2 Å². The molecular weight excluding hydrogens is 200 g/mol. The molecular formula is C12H30N4. The highest BCUT2D eigenvalue weighted by Gasteiger charge is 2.04. The van der Waals surface area contributed by atoms with Crippen LogP contribution in [-0.4, -0.2) is 75.8 Å². The van der Waals surface area contributed by atoms with E-state index in [1.165, 1.54) is 25.9 Å². The fraction of sp³-hybridized carbons (Fsp3) is 1.00. The number of hydrogen-bond donors (Lipinski definition) is 1. The minimum Gasteiger partial charge on any atom is -0.320 e. The molecule has 0 aliphatic rings. The maximum Gasteiger partial charge on any atom is 0.0145 e. The van der Waals surface area contributed by atoms with E-state index in [0.717, 1.165) is 19.6 Å². The van der Waals surface area contributed by atoms with Crippen molar-refractivity contribution in [1.29, 1.82) is 0 Å². The first kappa shape index (κ1) is 15.8. The molecule has 0 aromatic heterocycles. The summed E-state index contributed by atoms with van der Waals surface area (Å²) in [5.74, 6) is 0. The molecule has 4 heteroatoms. The Hall–Kier alpha value is -0.160. The molecule has 98 valence electrons. The summed E-state index contributed by atoms with van der Waals surface area (Å²) in [5, 5.41) is 7.72. The van der Waals surface area contributed by atoms with Crippen LogP contribution < -0.4 is 5.32 Å². The molecule has 0 bridgehead atoms. The van der Waals surface area contributed by atoms with Gasteiger partial charge in [-0.15, -0.1) is 0 Å². The fourth-order valence-electron chi connectivity index (χ4n) is 1.80. The van der Waals surface area contributed by atoms with E-state index >= 15 is 0 Å². The highest BCUT2D eigenvalue weighted by Crippen LogP contribution is 1.96. The van der Waals surface area contributed by atoms with Crippen LogP contribution in [0.25, 0.3) is 0 Å². The quantitative estimate of drug-likeness (QED) is 0.441. The van der Waals surface area contributed by atoms with Gasteiger partial charge in [-0.05, 0) is 46.6 Å². The normalized spacial score (nSPS) is 12.0. The summed E-state index contributed by atoms with van der Waals surface area (Å²) >= 11 is 0. The van der Waals surface area contributed by atoms with Gasteiger partial charge < -0.3 is 10.2 Å². The minimum absolute atomic E-state index is 1.09. The van der Waals surface area contributed by atoms with Gasteiger partial charge in [0.1, 0.15) is 0 Å².